The molecule has 3 heteroatoms. The summed E-state index contributed by atoms with van der Waals surface area (Å²) in [6, 6.07) is 0.743. The predicted molar refractivity (Wildman–Crippen MR) is 57.2 cm³/mol. The number of β-amino-alcohol motifs (C(OH)–C–C–N with tert-alkyl or cyclic N) is 1. The molecule has 0 aromatic carbocycles. The van der Waals surface area contributed by atoms with E-state index in [0.717, 1.165) is 25.6 Å². The van der Waals surface area contributed by atoms with Gasteiger partial charge < -0.3 is 5.11 Å². The molecule has 0 saturated carbocycles. The molecule has 0 amide bonds. The molecule has 2 unspecified atom stereocenters. The summed E-state index contributed by atoms with van der Waals surface area (Å²) in [5.41, 5.74) is -0.415. The van der Waals surface area contributed by atoms with Crippen LogP contribution >= 0.6 is 11.8 Å². The first-order valence-electron chi connectivity index (χ1n) is 5.22. The SMILES string of the molecule is CC1(O)CCN(C2CCCSC2)C1. The Labute approximate surface area is 84.7 Å². The van der Waals surface area contributed by atoms with E-state index < -0.39 is 5.60 Å². The minimum absolute atomic E-state index is 0.415. The fraction of sp³-hybridized carbons (Fsp3) is 1.00. The van der Waals surface area contributed by atoms with Crippen LogP contribution in [0.3, 0.4) is 0 Å². The van der Waals surface area contributed by atoms with Crippen molar-refractivity contribution in [3.8, 4) is 0 Å². The molecule has 0 radical (unpaired) electrons. The standard InChI is InChI=1S/C10H19NOS/c1-10(12)4-5-11(8-10)9-3-2-6-13-7-9/h9,12H,2-8H2,1H3. The average molecular weight is 201 g/mol. The quantitative estimate of drug-likeness (QED) is 0.692. The Balaban J connectivity index is 1.87. The summed E-state index contributed by atoms with van der Waals surface area (Å²) in [5, 5.41) is 9.85. The second kappa shape index (κ2) is 3.79. The lowest BCUT2D eigenvalue weighted by atomic mass is 10.1. The Kier molecular flexibility index (Phi) is 2.86. The fourth-order valence-corrected chi connectivity index (χ4v) is 3.49. The maximum atomic E-state index is 9.85. The maximum absolute atomic E-state index is 9.85. The van der Waals surface area contributed by atoms with E-state index in [1.165, 1.54) is 24.3 Å². The van der Waals surface area contributed by atoms with Crippen LogP contribution in [0.5, 0.6) is 0 Å². The molecule has 2 aliphatic rings. The zero-order valence-corrected chi connectivity index (χ0v) is 9.15. The maximum Gasteiger partial charge on any atom is 0.0758 e. The summed E-state index contributed by atoms with van der Waals surface area (Å²) in [6.07, 6.45) is 3.64. The zero-order valence-electron chi connectivity index (χ0n) is 8.33. The number of nitrogens with zero attached hydrogens (tertiary/aromatic N) is 1. The topological polar surface area (TPSA) is 23.5 Å². The Morgan fingerprint density at radius 2 is 2.38 bits per heavy atom. The van der Waals surface area contributed by atoms with Gasteiger partial charge in [0.15, 0.2) is 0 Å². The van der Waals surface area contributed by atoms with Crippen molar-refractivity contribution < 1.29 is 5.11 Å². The molecule has 13 heavy (non-hydrogen) atoms. The van der Waals surface area contributed by atoms with Gasteiger partial charge in [0.1, 0.15) is 0 Å². The van der Waals surface area contributed by atoms with Crippen molar-refractivity contribution in [1.29, 1.82) is 0 Å². The van der Waals surface area contributed by atoms with Crippen LogP contribution in [-0.2, 0) is 0 Å². The van der Waals surface area contributed by atoms with Crippen molar-refractivity contribution >= 4 is 11.8 Å². The summed E-state index contributed by atoms with van der Waals surface area (Å²) >= 11 is 2.07. The van der Waals surface area contributed by atoms with Gasteiger partial charge in [-0.05, 0) is 31.9 Å². The lowest BCUT2D eigenvalue weighted by molar-refractivity contribution is 0.0629. The largest absolute Gasteiger partial charge is 0.389 e. The molecule has 0 bridgehead atoms. The van der Waals surface area contributed by atoms with E-state index in [9.17, 15) is 5.11 Å². The number of thioether (sulfide) groups is 1. The van der Waals surface area contributed by atoms with Crippen LogP contribution < -0.4 is 0 Å². The van der Waals surface area contributed by atoms with E-state index in [-0.39, 0.29) is 0 Å². The molecule has 2 fully saturated rings. The van der Waals surface area contributed by atoms with Gasteiger partial charge in [0.25, 0.3) is 0 Å². The van der Waals surface area contributed by atoms with Crippen LogP contribution in [0.1, 0.15) is 26.2 Å². The summed E-state index contributed by atoms with van der Waals surface area (Å²) in [7, 11) is 0. The van der Waals surface area contributed by atoms with Crippen molar-refractivity contribution in [2.24, 2.45) is 0 Å². The molecule has 2 saturated heterocycles. The summed E-state index contributed by atoms with van der Waals surface area (Å²) in [4.78, 5) is 2.48. The number of hydrogen-bond acceptors (Lipinski definition) is 3. The molecule has 2 aliphatic heterocycles. The Morgan fingerprint density at radius 1 is 1.54 bits per heavy atom. The first-order valence-corrected chi connectivity index (χ1v) is 6.37. The summed E-state index contributed by atoms with van der Waals surface area (Å²) in [6.45, 7) is 3.94. The van der Waals surface area contributed by atoms with Gasteiger partial charge >= 0.3 is 0 Å². The van der Waals surface area contributed by atoms with Crippen LogP contribution in [0.4, 0.5) is 0 Å². The lowest BCUT2D eigenvalue weighted by Gasteiger charge is -2.31. The van der Waals surface area contributed by atoms with Crippen LogP contribution in [0, 0.1) is 0 Å². The van der Waals surface area contributed by atoms with Gasteiger partial charge in [-0.3, -0.25) is 4.90 Å². The third kappa shape index (κ3) is 2.39. The van der Waals surface area contributed by atoms with Gasteiger partial charge in [0.05, 0.1) is 5.60 Å². The van der Waals surface area contributed by atoms with Gasteiger partial charge in [0.2, 0.25) is 0 Å². The molecular weight excluding hydrogens is 182 g/mol. The van der Waals surface area contributed by atoms with E-state index in [0.29, 0.717) is 0 Å². The van der Waals surface area contributed by atoms with Crippen LogP contribution in [0.2, 0.25) is 0 Å². The molecule has 0 aliphatic carbocycles. The van der Waals surface area contributed by atoms with Gasteiger partial charge in [-0.2, -0.15) is 11.8 Å². The van der Waals surface area contributed by atoms with Crippen molar-refractivity contribution in [2.75, 3.05) is 24.6 Å². The van der Waals surface area contributed by atoms with Gasteiger partial charge in [-0.25, -0.2) is 0 Å². The summed E-state index contributed by atoms with van der Waals surface area (Å²) in [5.74, 6) is 2.61. The number of likely N-dealkylation sites (tertiary alicyclic amines) is 1. The monoisotopic (exact) mass is 201 g/mol. The molecule has 2 atom stereocenters. The second-order valence-corrected chi connectivity index (χ2v) is 5.74. The average Bonchev–Trinajstić information content (AvgIpc) is 2.48. The van der Waals surface area contributed by atoms with Crippen LogP contribution in [-0.4, -0.2) is 46.2 Å². The molecule has 1 N–H and O–H groups in total. The fourth-order valence-electron chi connectivity index (χ4n) is 2.30. The van der Waals surface area contributed by atoms with Crippen molar-refractivity contribution in [1.82, 2.24) is 4.90 Å². The highest BCUT2D eigenvalue weighted by Gasteiger charge is 2.35. The van der Waals surface area contributed by atoms with Crippen LogP contribution in [0.25, 0.3) is 0 Å². The number of hydrogen-bond donors (Lipinski definition) is 1. The Morgan fingerprint density at radius 3 is 2.92 bits per heavy atom. The molecule has 0 spiro atoms. The minimum atomic E-state index is -0.415. The number of aliphatic hydroxyl groups is 1. The molecule has 0 aromatic heterocycles. The van der Waals surface area contributed by atoms with Crippen molar-refractivity contribution in [3.05, 3.63) is 0 Å². The van der Waals surface area contributed by atoms with Gasteiger partial charge in [0, 0.05) is 24.9 Å². The lowest BCUT2D eigenvalue weighted by Crippen LogP contribution is -2.39. The zero-order chi connectivity index (χ0) is 9.31. The summed E-state index contributed by atoms with van der Waals surface area (Å²) < 4.78 is 0. The normalized spacial score (nSPS) is 42.5. The molecule has 2 nitrogen and oxygen atoms in total. The molecule has 76 valence electrons. The van der Waals surface area contributed by atoms with E-state index in [1.54, 1.807) is 0 Å². The smallest absolute Gasteiger partial charge is 0.0758 e. The first-order chi connectivity index (χ1) is 6.17. The Bertz CT molecular complexity index is 178. The molecule has 2 rings (SSSR count). The molecule has 0 aromatic rings. The van der Waals surface area contributed by atoms with Crippen molar-refractivity contribution in [3.63, 3.8) is 0 Å². The highest BCUT2D eigenvalue weighted by molar-refractivity contribution is 7.99. The van der Waals surface area contributed by atoms with E-state index in [1.807, 2.05) is 6.92 Å². The third-order valence-electron chi connectivity index (χ3n) is 3.13. The number of rotatable bonds is 1. The highest BCUT2D eigenvalue weighted by atomic mass is 32.2. The highest BCUT2D eigenvalue weighted by Crippen LogP contribution is 2.28. The van der Waals surface area contributed by atoms with Gasteiger partial charge in [-0.1, -0.05) is 0 Å². The van der Waals surface area contributed by atoms with E-state index in [4.69, 9.17) is 0 Å². The van der Waals surface area contributed by atoms with E-state index in [2.05, 4.69) is 16.7 Å². The Hall–Kier alpha value is 0.270. The molecular formula is C10H19NOS. The van der Waals surface area contributed by atoms with Crippen molar-refractivity contribution in [2.45, 2.75) is 37.8 Å². The van der Waals surface area contributed by atoms with E-state index >= 15 is 0 Å². The first kappa shape index (κ1) is 9.81. The third-order valence-corrected chi connectivity index (χ3v) is 4.33. The minimum Gasteiger partial charge on any atom is -0.389 e. The van der Waals surface area contributed by atoms with Gasteiger partial charge in [-0.15, -0.1) is 0 Å². The predicted octanol–water partition coefficient (Wildman–Crippen LogP) is 1.34. The molecule has 2 heterocycles. The van der Waals surface area contributed by atoms with Crippen LogP contribution in [0.15, 0.2) is 0 Å². The second-order valence-electron chi connectivity index (χ2n) is 4.59.